The number of hydrogen-bond acceptors (Lipinski definition) is 12. The van der Waals surface area contributed by atoms with Gasteiger partial charge in [0.15, 0.2) is 12.0 Å². The van der Waals surface area contributed by atoms with E-state index in [2.05, 4.69) is 0 Å². The SMILES string of the molecule is O=C(OCC[C@@H](O)/C(OC(=O)c1ccccc1)=C(\OC(=O)c1ccccc1)[C@@H](O)O[C@@H]1C2CO[C@H](O2)C2OC21)c1ccccc1. The van der Waals surface area contributed by atoms with Gasteiger partial charge in [-0.2, -0.15) is 0 Å². The number of benzene rings is 3. The highest BCUT2D eigenvalue weighted by atomic mass is 16.8. The van der Waals surface area contributed by atoms with Gasteiger partial charge in [-0.05, 0) is 36.4 Å². The van der Waals surface area contributed by atoms with Gasteiger partial charge in [-0.25, -0.2) is 14.4 Å². The number of aliphatic hydroxyl groups excluding tert-OH is 2. The first-order chi connectivity index (χ1) is 21.9. The van der Waals surface area contributed by atoms with Crippen LogP contribution in [0.25, 0.3) is 0 Å². The van der Waals surface area contributed by atoms with Crippen LogP contribution in [-0.2, 0) is 33.2 Å². The summed E-state index contributed by atoms with van der Waals surface area (Å²) in [6, 6.07) is 24.0. The number of aliphatic hydroxyl groups is 2. The standard InChI is InChI=1S/C33H30O12/c34-22(16-17-39-29(35)19-10-4-1-5-11-19)24(43-30(36)20-12-6-2-7-13-20)27(45-31(37)21-14-8-3-9-15-21)32(38)44-25-23-18-40-33(41-23)28-26(25)42-28/h1-15,22-23,25-26,28,32-34,38H,16-18H2/b27-24+/t22-,23?,25-,26?,28?,32+,33-/m1/s1. The number of epoxide rings is 1. The van der Waals surface area contributed by atoms with Gasteiger partial charge in [-0.1, -0.05) is 54.6 Å². The molecule has 234 valence electrons. The molecule has 0 spiro atoms. The van der Waals surface area contributed by atoms with Crippen LogP contribution >= 0.6 is 0 Å². The van der Waals surface area contributed by atoms with E-state index in [0.717, 1.165) is 0 Å². The van der Waals surface area contributed by atoms with Crippen LogP contribution in [0.4, 0.5) is 0 Å². The summed E-state index contributed by atoms with van der Waals surface area (Å²) in [5.74, 6) is -3.75. The van der Waals surface area contributed by atoms with Gasteiger partial charge in [0, 0.05) is 6.42 Å². The third kappa shape index (κ3) is 7.12. The number of ether oxygens (including phenoxy) is 7. The van der Waals surface area contributed by atoms with Crippen LogP contribution in [0.5, 0.6) is 0 Å². The maximum absolute atomic E-state index is 13.2. The lowest BCUT2D eigenvalue weighted by atomic mass is 10.1. The minimum Gasteiger partial charge on any atom is -0.462 e. The van der Waals surface area contributed by atoms with Crippen molar-refractivity contribution in [2.24, 2.45) is 0 Å². The third-order valence-corrected chi connectivity index (χ3v) is 7.37. The molecule has 3 unspecified atom stereocenters. The summed E-state index contributed by atoms with van der Waals surface area (Å²) < 4.78 is 39.3. The van der Waals surface area contributed by atoms with E-state index in [9.17, 15) is 24.6 Å². The fraction of sp³-hybridized carbons (Fsp3) is 0.303. The highest BCUT2D eigenvalue weighted by molar-refractivity contribution is 5.91. The predicted octanol–water partition coefficient (Wildman–Crippen LogP) is 2.75. The van der Waals surface area contributed by atoms with E-state index in [-0.39, 0.29) is 36.9 Å². The molecule has 2 N–H and O–H groups in total. The molecule has 2 bridgehead atoms. The van der Waals surface area contributed by atoms with E-state index < -0.39 is 66.4 Å². The summed E-state index contributed by atoms with van der Waals surface area (Å²) in [6.45, 7) is -0.125. The minimum atomic E-state index is -2.03. The van der Waals surface area contributed by atoms with E-state index in [0.29, 0.717) is 5.56 Å². The third-order valence-electron chi connectivity index (χ3n) is 7.37. The molecule has 0 saturated carbocycles. The van der Waals surface area contributed by atoms with E-state index in [1.165, 1.54) is 24.3 Å². The molecule has 0 aliphatic carbocycles. The molecule has 0 amide bonds. The fourth-order valence-electron chi connectivity index (χ4n) is 5.01. The van der Waals surface area contributed by atoms with Gasteiger partial charge in [0.2, 0.25) is 12.0 Å². The van der Waals surface area contributed by atoms with Gasteiger partial charge < -0.3 is 43.4 Å². The van der Waals surface area contributed by atoms with Crippen LogP contribution < -0.4 is 0 Å². The number of hydrogen-bond donors (Lipinski definition) is 2. The molecule has 3 aliphatic rings. The first kappa shape index (κ1) is 30.6. The summed E-state index contributed by atoms with van der Waals surface area (Å²) in [6.07, 6.45) is -6.83. The lowest BCUT2D eigenvalue weighted by Crippen LogP contribution is -2.44. The van der Waals surface area contributed by atoms with Crippen LogP contribution in [-0.4, -0.2) is 84.4 Å². The second-order valence-corrected chi connectivity index (χ2v) is 10.4. The summed E-state index contributed by atoms with van der Waals surface area (Å²) in [4.78, 5) is 38.9. The summed E-state index contributed by atoms with van der Waals surface area (Å²) in [5.41, 5.74) is 0.528. The van der Waals surface area contributed by atoms with Gasteiger partial charge in [0.1, 0.15) is 30.5 Å². The number of fused-ring (bicyclic) bond motifs is 4. The van der Waals surface area contributed by atoms with E-state index in [1.807, 2.05) is 0 Å². The molecule has 3 heterocycles. The molecular formula is C33H30O12. The molecule has 3 aromatic carbocycles. The largest absolute Gasteiger partial charge is 0.462 e. The molecular weight excluding hydrogens is 588 g/mol. The maximum atomic E-state index is 13.2. The molecule has 3 saturated heterocycles. The van der Waals surface area contributed by atoms with Crippen LogP contribution in [0.2, 0.25) is 0 Å². The Bertz CT molecular complexity index is 1530. The van der Waals surface area contributed by atoms with Crippen molar-refractivity contribution in [1.82, 2.24) is 0 Å². The Morgan fingerprint density at radius 1 is 0.711 bits per heavy atom. The quantitative estimate of drug-likeness (QED) is 0.101. The zero-order valence-corrected chi connectivity index (χ0v) is 23.8. The van der Waals surface area contributed by atoms with Crippen molar-refractivity contribution in [2.45, 2.75) is 49.5 Å². The monoisotopic (exact) mass is 618 g/mol. The van der Waals surface area contributed by atoms with Crippen molar-refractivity contribution in [3.8, 4) is 0 Å². The second-order valence-electron chi connectivity index (χ2n) is 10.4. The highest BCUT2D eigenvalue weighted by Crippen LogP contribution is 2.43. The van der Waals surface area contributed by atoms with Gasteiger partial charge in [0.05, 0.1) is 29.9 Å². The van der Waals surface area contributed by atoms with E-state index in [1.54, 1.807) is 66.7 Å². The topological polar surface area (TPSA) is 160 Å². The Hall–Kier alpha value is -4.43. The van der Waals surface area contributed by atoms with Crippen LogP contribution in [0, 0.1) is 0 Å². The Balaban J connectivity index is 1.29. The Morgan fingerprint density at radius 3 is 1.82 bits per heavy atom. The van der Waals surface area contributed by atoms with Gasteiger partial charge >= 0.3 is 17.9 Å². The normalized spacial score (nSPS) is 24.8. The minimum absolute atomic E-state index is 0.112. The van der Waals surface area contributed by atoms with Crippen LogP contribution in [0.1, 0.15) is 37.5 Å². The maximum Gasteiger partial charge on any atom is 0.343 e. The van der Waals surface area contributed by atoms with Crippen molar-refractivity contribution in [3.63, 3.8) is 0 Å². The van der Waals surface area contributed by atoms with Gasteiger partial charge in [-0.15, -0.1) is 0 Å². The van der Waals surface area contributed by atoms with Gasteiger partial charge in [0.25, 0.3) is 0 Å². The summed E-state index contributed by atoms with van der Waals surface area (Å²) in [7, 11) is 0. The molecule has 6 rings (SSSR count). The fourth-order valence-corrected chi connectivity index (χ4v) is 5.01. The zero-order valence-electron chi connectivity index (χ0n) is 23.8. The lowest BCUT2D eigenvalue weighted by molar-refractivity contribution is -0.183. The summed E-state index contributed by atoms with van der Waals surface area (Å²) in [5, 5.41) is 22.7. The van der Waals surface area contributed by atoms with Gasteiger partial charge in [-0.3, -0.25) is 0 Å². The van der Waals surface area contributed by atoms with Crippen LogP contribution in [0.15, 0.2) is 103 Å². The molecule has 3 fully saturated rings. The molecule has 3 aromatic rings. The smallest absolute Gasteiger partial charge is 0.343 e. The highest BCUT2D eigenvalue weighted by Gasteiger charge is 2.62. The Kier molecular flexibility index (Phi) is 9.31. The Labute approximate surface area is 257 Å². The Morgan fingerprint density at radius 2 is 1.24 bits per heavy atom. The average molecular weight is 619 g/mol. The predicted molar refractivity (Wildman–Crippen MR) is 152 cm³/mol. The number of esters is 3. The number of rotatable bonds is 12. The van der Waals surface area contributed by atoms with Crippen molar-refractivity contribution in [3.05, 3.63) is 119 Å². The second kappa shape index (κ2) is 13.7. The molecule has 0 radical (unpaired) electrons. The van der Waals surface area contributed by atoms with Crippen molar-refractivity contribution in [1.29, 1.82) is 0 Å². The molecule has 12 nitrogen and oxygen atoms in total. The van der Waals surface area contributed by atoms with Crippen molar-refractivity contribution in [2.75, 3.05) is 13.2 Å². The molecule has 3 aliphatic heterocycles. The molecule has 45 heavy (non-hydrogen) atoms. The van der Waals surface area contributed by atoms with E-state index in [4.69, 9.17) is 33.2 Å². The van der Waals surface area contributed by atoms with E-state index >= 15 is 0 Å². The first-order valence-electron chi connectivity index (χ1n) is 14.3. The molecule has 12 heteroatoms. The van der Waals surface area contributed by atoms with Crippen molar-refractivity contribution >= 4 is 17.9 Å². The molecule has 0 aromatic heterocycles. The average Bonchev–Trinajstić information content (AvgIpc) is 3.77. The molecule has 7 atom stereocenters. The number of carbonyl (C=O) groups is 3. The van der Waals surface area contributed by atoms with Crippen molar-refractivity contribution < 1.29 is 57.8 Å². The van der Waals surface area contributed by atoms with Crippen LogP contribution in [0.3, 0.4) is 0 Å². The zero-order chi connectivity index (χ0) is 31.3. The number of carbonyl (C=O) groups excluding carboxylic acids is 3. The first-order valence-corrected chi connectivity index (χ1v) is 14.3. The lowest BCUT2D eigenvalue weighted by Gasteiger charge is -2.28. The summed E-state index contributed by atoms with van der Waals surface area (Å²) >= 11 is 0.